The minimum Gasteiger partial charge on any atom is -0.493 e. The second kappa shape index (κ2) is 4.72. The van der Waals surface area contributed by atoms with Crippen LogP contribution in [0.4, 0.5) is 0 Å². The van der Waals surface area contributed by atoms with Gasteiger partial charge in [0.15, 0.2) is 0 Å². The Hall–Kier alpha value is -1.36. The van der Waals surface area contributed by atoms with E-state index in [0.29, 0.717) is 0 Å². The number of rotatable bonds is 3. The number of thiophene rings is 1. The number of aryl methyl sites for hydroxylation is 1. The fourth-order valence-corrected chi connectivity index (χ4v) is 3.36. The van der Waals surface area contributed by atoms with Crippen LogP contribution < -0.4 is 16.0 Å². The van der Waals surface area contributed by atoms with E-state index in [4.69, 9.17) is 10.6 Å². The van der Waals surface area contributed by atoms with Crippen molar-refractivity contribution in [2.24, 2.45) is 5.84 Å². The molecular weight excluding hydrogens is 244 g/mol. The number of hydrogen-bond acceptors (Lipinski definition) is 4. The molecule has 0 saturated carbocycles. The summed E-state index contributed by atoms with van der Waals surface area (Å²) in [5.74, 6) is 6.76. The van der Waals surface area contributed by atoms with Crippen molar-refractivity contribution in [3.63, 3.8) is 0 Å². The molecule has 1 aromatic heterocycles. The summed E-state index contributed by atoms with van der Waals surface area (Å²) in [6.07, 6.45) is 0.989. The number of para-hydroxylation sites is 1. The van der Waals surface area contributed by atoms with Crippen LogP contribution in [-0.4, -0.2) is 6.61 Å². The maximum Gasteiger partial charge on any atom is 0.127 e. The third-order valence-electron chi connectivity index (χ3n) is 3.43. The number of hydrogen-bond donors (Lipinski definition) is 2. The van der Waals surface area contributed by atoms with E-state index in [-0.39, 0.29) is 6.04 Å². The molecule has 1 unspecified atom stereocenters. The summed E-state index contributed by atoms with van der Waals surface area (Å²) in [6.45, 7) is 2.88. The Bertz CT molecular complexity index is 565. The van der Waals surface area contributed by atoms with Crippen LogP contribution >= 0.6 is 11.3 Å². The Morgan fingerprint density at radius 2 is 2.22 bits per heavy atom. The van der Waals surface area contributed by atoms with Crippen LogP contribution in [0.1, 0.15) is 28.3 Å². The molecule has 0 fully saturated rings. The lowest BCUT2D eigenvalue weighted by Crippen LogP contribution is -2.29. The standard InChI is InChI=1S/C14H16N2OS/c1-9-7-18-8-12(9)13(16-15)11-4-2-3-10-5-6-17-14(10)11/h2-4,7-8,13,16H,5-6,15H2,1H3. The van der Waals surface area contributed by atoms with E-state index in [2.05, 4.69) is 41.3 Å². The van der Waals surface area contributed by atoms with Gasteiger partial charge in [0, 0.05) is 12.0 Å². The topological polar surface area (TPSA) is 47.3 Å². The lowest BCUT2D eigenvalue weighted by molar-refractivity contribution is 0.350. The van der Waals surface area contributed by atoms with Gasteiger partial charge < -0.3 is 4.74 Å². The van der Waals surface area contributed by atoms with Crippen LogP contribution in [0, 0.1) is 6.92 Å². The summed E-state index contributed by atoms with van der Waals surface area (Å²) < 4.78 is 5.76. The third-order valence-corrected chi connectivity index (χ3v) is 4.31. The summed E-state index contributed by atoms with van der Waals surface area (Å²) >= 11 is 1.70. The predicted octanol–water partition coefficient (Wildman–Crippen LogP) is 2.54. The summed E-state index contributed by atoms with van der Waals surface area (Å²) in [6, 6.07) is 6.30. The minimum atomic E-state index is 0.00398. The number of benzene rings is 1. The maximum atomic E-state index is 5.76. The summed E-state index contributed by atoms with van der Waals surface area (Å²) in [4.78, 5) is 0. The highest BCUT2D eigenvalue weighted by Crippen LogP contribution is 2.37. The Morgan fingerprint density at radius 1 is 1.33 bits per heavy atom. The van der Waals surface area contributed by atoms with E-state index < -0.39 is 0 Å². The quantitative estimate of drug-likeness (QED) is 0.658. The predicted molar refractivity (Wildman–Crippen MR) is 73.9 cm³/mol. The zero-order valence-electron chi connectivity index (χ0n) is 10.3. The molecule has 18 heavy (non-hydrogen) atoms. The maximum absolute atomic E-state index is 5.76. The van der Waals surface area contributed by atoms with Gasteiger partial charge in [0.25, 0.3) is 0 Å². The summed E-state index contributed by atoms with van der Waals surface area (Å²) in [7, 11) is 0. The molecule has 0 amide bonds. The van der Waals surface area contributed by atoms with Crippen molar-refractivity contribution in [1.29, 1.82) is 0 Å². The molecule has 0 saturated heterocycles. The molecular formula is C14H16N2OS. The molecule has 0 bridgehead atoms. The Labute approximate surface area is 111 Å². The second-order valence-corrected chi connectivity index (χ2v) is 5.29. The van der Waals surface area contributed by atoms with Crippen molar-refractivity contribution in [3.8, 4) is 5.75 Å². The minimum absolute atomic E-state index is 0.00398. The van der Waals surface area contributed by atoms with Crippen molar-refractivity contribution in [2.75, 3.05) is 6.61 Å². The summed E-state index contributed by atoms with van der Waals surface area (Å²) in [5, 5.41) is 4.29. The van der Waals surface area contributed by atoms with Gasteiger partial charge in [-0.2, -0.15) is 11.3 Å². The van der Waals surface area contributed by atoms with Gasteiger partial charge >= 0.3 is 0 Å². The average Bonchev–Trinajstić information content (AvgIpc) is 3.00. The number of ether oxygens (including phenoxy) is 1. The largest absolute Gasteiger partial charge is 0.493 e. The monoisotopic (exact) mass is 260 g/mol. The van der Waals surface area contributed by atoms with E-state index >= 15 is 0 Å². The van der Waals surface area contributed by atoms with Crippen LogP contribution in [0.5, 0.6) is 5.75 Å². The lowest BCUT2D eigenvalue weighted by atomic mass is 9.96. The molecule has 1 atom stereocenters. The molecule has 94 valence electrons. The average molecular weight is 260 g/mol. The van der Waals surface area contributed by atoms with Gasteiger partial charge in [0.1, 0.15) is 5.75 Å². The van der Waals surface area contributed by atoms with Gasteiger partial charge in [-0.1, -0.05) is 18.2 Å². The highest BCUT2D eigenvalue weighted by Gasteiger charge is 2.23. The molecule has 4 heteroatoms. The normalized spacial score (nSPS) is 15.2. The molecule has 1 aromatic carbocycles. The molecule has 0 radical (unpaired) electrons. The smallest absolute Gasteiger partial charge is 0.127 e. The van der Waals surface area contributed by atoms with E-state index in [1.807, 2.05) is 0 Å². The number of hydrazine groups is 1. The van der Waals surface area contributed by atoms with Gasteiger partial charge in [-0.25, -0.2) is 5.43 Å². The zero-order chi connectivity index (χ0) is 12.5. The number of fused-ring (bicyclic) bond motifs is 1. The van der Waals surface area contributed by atoms with Crippen LogP contribution in [-0.2, 0) is 6.42 Å². The first-order valence-electron chi connectivity index (χ1n) is 6.04. The molecule has 0 spiro atoms. The van der Waals surface area contributed by atoms with Gasteiger partial charge in [-0.05, 0) is 34.4 Å². The SMILES string of the molecule is Cc1cscc1C(NN)c1cccc2c1OCC2. The van der Waals surface area contributed by atoms with Crippen molar-refractivity contribution in [3.05, 3.63) is 51.2 Å². The Balaban J connectivity index is 2.08. The van der Waals surface area contributed by atoms with Crippen LogP contribution in [0.2, 0.25) is 0 Å². The Morgan fingerprint density at radius 3 is 2.94 bits per heavy atom. The second-order valence-electron chi connectivity index (χ2n) is 4.54. The van der Waals surface area contributed by atoms with Gasteiger partial charge in [0.05, 0.1) is 12.6 Å². The molecule has 1 aliphatic rings. The highest BCUT2D eigenvalue weighted by atomic mass is 32.1. The molecule has 2 aromatic rings. The van der Waals surface area contributed by atoms with E-state index in [1.54, 1.807) is 11.3 Å². The zero-order valence-corrected chi connectivity index (χ0v) is 11.1. The molecule has 3 nitrogen and oxygen atoms in total. The van der Waals surface area contributed by atoms with Crippen LogP contribution in [0.15, 0.2) is 29.0 Å². The first kappa shape index (κ1) is 11.7. The van der Waals surface area contributed by atoms with Gasteiger partial charge in [-0.15, -0.1) is 0 Å². The molecule has 0 aliphatic carbocycles. The fourth-order valence-electron chi connectivity index (χ4n) is 2.48. The first-order valence-corrected chi connectivity index (χ1v) is 6.99. The first-order chi connectivity index (χ1) is 8.81. The molecule has 1 aliphatic heterocycles. The fraction of sp³-hybridized carbons (Fsp3) is 0.286. The van der Waals surface area contributed by atoms with E-state index in [0.717, 1.165) is 24.3 Å². The van der Waals surface area contributed by atoms with Crippen LogP contribution in [0.3, 0.4) is 0 Å². The lowest BCUT2D eigenvalue weighted by Gasteiger charge is -2.19. The summed E-state index contributed by atoms with van der Waals surface area (Å²) in [5.41, 5.74) is 7.82. The van der Waals surface area contributed by atoms with E-state index in [9.17, 15) is 0 Å². The third kappa shape index (κ3) is 1.82. The van der Waals surface area contributed by atoms with Crippen LogP contribution in [0.25, 0.3) is 0 Å². The molecule has 2 heterocycles. The number of nitrogens with one attached hydrogen (secondary N) is 1. The number of nitrogens with two attached hydrogens (primary N) is 1. The highest BCUT2D eigenvalue weighted by molar-refractivity contribution is 7.08. The van der Waals surface area contributed by atoms with Crippen molar-refractivity contribution in [2.45, 2.75) is 19.4 Å². The van der Waals surface area contributed by atoms with Crippen molar-refractivity contribution in [1.82, 2.24) is 5.43 Å². The van der Waals surface area contributed by atoms with Gasteiger partial charge in [-0.3, -0.25) is 5.84 Å². The van der Waals surface area contributed by atoms with Crippen molar-refractivity contribution < 1.29 is 4.74 Å². The molecule has 3 rings (SSSR count). The van der Waals surface area contributed by atoms with Crippen molar-refractivity contribution >= 4 is 11.3 Å². The Kier molecular flexibility index (Phi) is 3.07. The van der Waals surface area contributed by atoms with Gasteiger partial charge in [0.2, 0.25) is 0 Å². The van der Waals surface area contributed by atoms with E-state index in [1.165, 1.54) is 16.7 Å². The molecule has 3 N–H and O–H groups in total.